The maximum absolute atomic E-state index is 11.6. The van der Waals surface area contributed by atoms with Gasteiger partial charge in [-0.3, -0.25) is 9.59 Å². The van der Waals surface area contributed by atoms with Gasteiger partial charge in [0, 0.05) is 19.1 Å². The van der Waals surface area contributed by atoms with Crippen molar-refractivity contribution in [1.82, 2.24) is 10.6 Å². The number of amides is 2. The van der Waals surface area contributed by atoms with Gasteiger partial charge in [0.15, 0.2) is 0 Å². The van der Waals surface area contributed by atoms with Gasteiger partial charge in [0.25, 0.3) is 0 Å². The van der Waals surface area contributed by atoms with Crippen LogP contribution in [0.2, 0.25) is 0 Å². The van der Waals surface area contributed by atoms with E-state index < -0.39 is 11.8 Å². The Balaban J connectivity index is 2.37. The number of nitrogens with one attached hydrogen (secondary N) is 2. The number of hydrogen-bond donors (Lipinski definition) is 3. The number of rotatable bonds is 3. The molecule has 0 heterocycles. The van der Waals surface area contributed by atoms with Crippen LogP contribution >= 0.6 is 0 Å². The van der Waals surface area contributed by atoms with Crippen molar-refractivity contribution in [1.29, 1.82) is 0 Å². The van der Waals surface area contributed by atoms with E-state index in [9.17, 15) is 9.59 Å². The molecule has 0 radical (unpaired) electrons. The average molecular weight is 241 g/mol. The summed E-state index contributed by atoms with van der Waals surface area (Å²) in [5.41, 5.74) is 5.25. The van der Waals surface area contributed by atoms with Gasteiger partial charge in [0.1, 0.15) is 0 Å². The molecule has 1 aliphatic rings. The molecule has 1 aliphatic carbocycles. The first-order chi connectivity index (χ1) is 8.04. The smallest absolute Gasteiger partial charge is 0.309 e. The Morgan fingerprint density at radius 1 is 1.24 bits per heavy atom. The molecule has 5 nitrogen and oxygen atoms in total. The van der Waals surface area contributed by atoms with E-state index in [1.807, 2.05) is 0 Å². The fraction of sp³-hybridized carbons (Fsp3) is 0.833. The molecule has 17 heavy (non-hydrogen) atoms. The Hall–Kier alpha value is -1.10. The molecule has 0 aromatic rings. The standard InChI is InChI=1S/C12H23N3O2/c1-8-3-4-10(9(2)7-8)15-12(17)11(16)14-6-5-13/h8-10H,3-7,13H2,1-2H3,(H,14,16)(H,15,17). The highest BCUT2D eigenvalue weighted by Crippen LogP contribution is 2.28. The van der Waals surface area contributed by atoms with Crippen LogP contribution < -0.4 is 16.4 Å². The largest absolute Gasteiger partial charge is 0.347 e. The molecular formula is C12H23N3O2. The molecule has 1 saturated carbocycles. The summed E-state index contributed by atoms with van der Waals surface area (Å²) in [5.74, 6) is 0.0281. The SMILES string of the molecule is CC1CCC(NC(=O)C(=O)NCCN)C(C)C1. The maximum atomic E-state index is 11.6. The number of carbonyl (C=O) groups excluding carboxylic acids is 2. The Bertz CT molecular complexity index is 281. The summed E-state index contributed by atoms with van der Waals surface area (Å²) in [4.78, 5) is 22.9. The lowest BCUT2D eigenvalue weighted by Crippen LogP contribution is -2.49. The van der Waals surface area contributed by atoms with Crippen LogP contribution in [0.1, 0.15) is 33.1 Å². The third-order valence-electron chi connectivity index (χ3n) is 3.38. The lowest BCUT2D eigenvalue weighted by Gasteiger charge is -2.32. The van der Waals surface area contributed by atoms with Gasteiger partial charge in [-0.25, -0.2) is 0 Å². The Morgan fingerprint density at radius 3 is 2.53 bits per heavy atom. The van der Waals surface area contributed by atoms with Gasteiger partial charge in [0.05, 0.1) is 0 Å². The first-order valence-corrected chi connectivity index (χ1v) is 6.33. The molecule has 0 aromatic carbocycles. The lowest BCUT2D eigenvalue weighted by atomic mass is 9.80. The van der Waals surface area contributed by atoms with E-state index >= 15 is 0 Å². The van der Waals surface area contributed by atoms with Crippen LogP contribution in [0.25, 0.3) is 0 Å². The number of carbonyl (C=O) groups is 2. The molecule has 0 spiro atoms. The molecule has 0 saturated heterocycles. The van der Waals surface area contributed by atoms with Crippen LogP contribution in [0.15, 0.2) is 0 Å². The molecule has 4 N–H and O–H groups in total. The third kappa shape index (κ3) is 4.34. The van der Waals surface area contributed by atoms with Crippen LogP contribution in [-0.4, -0.2) is 30.9 Å². The normalized spacial score (nSPS) is 28.5. The van der Waals surface area contributed by atoms with E-state index in [-0.39, 0.29) is 6.04 Å². The van der Waals surface area contributed by atoms with E-state index in [1.54, 1.807) is 0 Å². The van der Waals surface area contributed by atoms with Crippen LogP contribution in [0.5, 0.6) is 0 Å². The molecule has 5 heteroatoms. The predicted octanol–water partition coefficient (Wildman–Crippen LogP) is 0.00220. The minimum absolute atomic E-state index is 0.127. The zero-order valence-corrected chi connectivity index (χ0v) is 10.7. The van der Waals surface area contributed by atoms with Crippen molar-refractivity contribution in [3.8, 4) is 0 Å². The highest BCUT2D eigenvalue weighted by molar-refractivity contribution is 6.35. The Morgan fingerprint density at radius 2 is 1.94 bits per heavy atom. The zero-order valence-electron chi connectivity index (χ0n) is 10.7. The maximum Gasteiger partial charge on any atom is 0.309 e. The monoisotopic (exact) mass is 241 g/mol. The molecule has 0 aromatic heterocycles. The van der Waals surface area contributed by atoms with Crippen molar-refractivity contribution in [2.45, 2.75) is 39.2 Å². The fourth-order valence-corrected chi connectivity index (χ4v) is 2.38. The van der Waals surface area contributed by atoms with Crippen LogP contribution in [-0.2, 0) is 9.59 Å². The Labute approximate surface area is 103 Å². The van der Waals surface area contributed by atoms with Crippen molar-refractivity contribution < 1.29 is 9.59 Å². The molecule has 3 atom stereocenters. The molecule has 0 aliphatic heterocycles. The van der Waals surface area contributed by atoms with Gasteiger partial charge in [-0.05, 0) is 31.1 Å². The molecular weight excluding hydrogens is 218 g/mol. The molecule has 1 rings (SSSR count). The van der Waals surface area contributed by atoms with Gasteiger partial charge in [-0.1, -0.05) is 13.8 Å². The predicted molar refractivity (Wildman–Crippen MR) is 66.2 cm³/mol. The third-order valence-corrected chi connectivity index (χ3v) is 3.38. The van der Waals surface area contributed by atoms with E-state index in [4.69, 9.17) is 5.73 Å². The van der Waals surface area contributed by atoms with Crippen molar-refractivity contribution in [3.63, 3.8) is 0 Å². The summed E-state index contributed by atoms with van der Waals surface area (Å²) < 4.78 is 0. The second-order valence-electron chi connectivity index (χ2n) is 5.02. The average Bonchev–Trinajstić information content (AvgIpc) is 2.29. The highest BCUT2D eigenvalue weighted by Gasteiger charge is 2.27. The van der Waals surface area contributed by atoms with Gasteiger partial charge in [-0.2, -0.15) is 0 Å². The second-order valence-corrected chi connectivity index (χ2v) is 5.02. The van der Waals surface area contributed by atoms with Gasteiger partial charge < -0.3 is 16.4 Å². The number of nitrogens with two attached hydrogens (primary N) is 1. The van der Waals surface area contributed by atoms with E-state index in [1.165, 1.54) is 0 Å². The molecule has 2 amide bonds. The summed E-state index contributed by atoms with van der Waals surface area (Å²) in [6.07, 6.45) is 3.17. The summed E-state index contributed by atoms with van der Waals surface area (Å²) in [5, 5.41) is 5.28. The van der Waals surface area contributed by atoms with Crippen molar-refractivity contribution in [2.24, 2.45) is 17.6 Å². The minimum atomic E-state index is -0.582. The molecule has 0 bridgehead atoms. The van der Waals surface area contributed by atoms with E-state index in [0.717, 1.165) is 19.3 Å². The summed E-state index contributed by atoms with van der Waals surface area (Å²) >= 11 is 0. The van der Waals surface area contributed by atoms with E-state index in [0.29, 0.717) is 24.9 Å². The summed E-state index contributed by atoms with van der Waals surface area (Å²) in [6, 6.07) is 0.127. The fourth-order valence-electron chi connectivity index (χ4n) is 2.38. The number of hydrogen-bond acceptors (Lipinski definition) is 3. The van der Waals surface area contributed by atoms with E-state index in [2.05, 4.69) is 24.5 Å². The van der Waals surface area contributed by atoms with Crippen molar-refractivity contribution in [3.05, 3.63) is 0 Å². The second kappa shape index (κ2) is 6.59. The Kier molecular flexibility index (Phi) is 5.41. The first kappa shape index (κ1) is 14.0. The summed E-state index contributed by atoms with van der Waals surface area (Å²) in [7, 11) is 0. The van der Waals surface area contributed by atoms with Crippen molar-refractivity contribution in [2.75, 3.05) is 13.1 Å². The topological polar surface area (TPSA) is 84.2 Å². The van der Waals surface area contributed by atoms with Crippen LogP contribution in [0, 0.1) is 11.8 Å². The van der Waals surface area contributed by atoms with Crippen LogP contribution in [0.4, 0.5) is 0 Å². The van der Waals surface area contributed by atoms with Crippen LogP contribution in [0.3, 0.4) is 0 Å². The summed E-state index contributed by atoms with van der Waals surface area (Å²) in [6.45, 7) is 5.03. The minimum Gasteiger partial charge on any atom is -0.347 e. The lowest BCUT2D eigenvalue weighted by molar-refractivity contribution is -0.140. The van der Waals surface area contributed by atoms with Gasteiger partial charge >= 0.3 is 11.8 Å². The quantitative estimate of drug-likeness (QED) is 0.608. The zero-order chi connectivity index (χ0) is 12.8. The van der Waals surface area contributed by atoms with Gasteiger partial charge in [0.2, 0.25) is 0 Å². The molecule has 1 fully saturated rings. The molecule has 98 valence electrons. The molecule has 3 unspecified atom stereocenters. The van der Waals surface area contributed by atoms with Crippen molar-refractivity contribution >= 4 is 11.8 Å². The van der Waals surface area contributed by atoms with Gasteiger partial charge in [-0.15, -0.1) is 0 Å². The first-order valence-electron chi connectivity index (χ1n) is 6.33. The highest BCUT2D eigenvalue weighted by atomic mass is 16.2.